The van der Waals surface area contributed by atoms with Gasteiger partial charge in [0.1, 0.15) is 7.11 Å². The standard InChI is InChI=1S/C22H22N4O3/c1-15-23-21(29-24-15)13-20-12-19(25-28-2)14-26(20)22(27)18-10-8-17(9-11-18)16-6-4-3-5-7-16/h3-11,20H,12-14H2,1-2H3/b25-19+. The highest BCUT2D eigenvalue weighted by atomic mass is 16.6. The Morgan fingerprint density at radius 2 is 1.90 bits per heavy atom. The molecule has 1 saturated heterocycles. The van der Waals surface area contributed by atoms with E-state index in [1.165, 1.54) is 7.11 Å². The van der Waals surface area contributed by atoms with Crippen LogP contribution >= 0.6 is 0 Å². The molecule has 148 valence electrons. The number of hydrogen-bond donors (Lipinski definition) is 0. The Morgan fingerprint density at radius 1 is 1.17 bits per heavy atom. The van der Waals surface area contributed by atoms with E-state index in [1.54, 1.807) is 11.8 Å². The van der Waals surface area contributed by atoms with E-state index in [2.05, 4.69) is 15.3 Å². The van der Waals surface area contributed by atoms with Crippen molar-refractivity contribution in [1.82, 2.24) is 15.0 Å². The molecule has 0 spiro atoms. The van der Waals surface area contributed by atoms with Crippen molar-refractivity contribution in [3.63, 3.8) is 0 Å². The molecule has 1 aromatic heterocycles. The minimum atomic E-state index is -0.106. The number of carbonyl (C=O) groups is 1. The van der Waals surface area contributed by atoms with Crippen LogP contribution in [0, 0.1) is 6.92 Å². The molecule has 2 heterocycles. The molecule has 1 unspecified atom stereocenters. The predicted molar refractivity (Wildman–Crippen MR) is 109 cm³/mol. The van der Waals surface area contributed by atoms with Gasteiger partial charge in [-0.1, -0.05) is 52.8 Å². The van der Waals surface area contributed by atoms with Gasteiger partial charge in [-0.25, -0.2) is 0 Å². The van der Waals surface area contributed by atoms with Crippen LogP contribution in [-0.4, -0.2) is 46.4 Å². The Hall–Kier alpha value is -3.48. The number of hydrogen-bond acceptors (Lipinski definition) is 6. The molecule has 0 saturated carbocycles. The van der Waals surface area contributed by atoms with Gasteiger partial charge in [0.05, 0.1) is 12.3 Å². The summed E-state index contributed by atoms with van der Waals surface area (Å²) in [5, 5.41) is 7.89. The molecule has 7 heteroatoms. The number of likely N-dealkylation sites (tertiary alicyclic amines) is 1. The van der Waals surface area contributed by atoms with E-state index in [0.717, 1.165) is 16.8 Å². The molecule has 29 heavy (non-hydrogen) atoms. The van der Waals surface area contributed by atoms with E-state index in [9.17, 15) is 4.79 Å². The molecule has 7 nitrogen and oxygen atoms in total. The number of rotatable bonds is 5. The van der Waals surface area contributed by atoms with Gasteiger partial charge in [0.15, 0.2) is 5.82 Å². The molecule has 0 radical (unpaired) electrons. The lowest BCUT2D eigenvalue weighted by Crippen LogP contribution is -2.37. The van der Waals surface area contributed by atoms with Crippen LogP contribution in [0.5, 0.6) is 0 Å². The van der Waals surface area contributed by atoms with Crippen LogP contribution in [0.1, 0.15) is 28.5 Å². The van der Waals surface area contributed by atoms with E-state index in [0.29, 0.717) is 36.7 Å². The first kappa shape index (κ1) is 18.9. The summed E-state index contributed by atoms with van der Waals surface area (Å²) >= 11 is 0. The van der Waals surface area contributed by atoms with Crippen LogP contribution in [-0.2, 0) is 11.3 Å². The lowest BCUT2D eigenvalue weighted by molar-refractivity contribution is 0.0735. The van der Waals surface area contributed by atoms with Crippen molar-refractivity contribution in [1.29, 1.82) is 0 Å². The zero-order valence-electron chi connectivity index (χ0n) is 16.4. The fourth-order valence-corrected chi connectivity index (χ4v) is 3.61. The molecule has 0 N–H and O–H groups in total. The second-order valence-electron chi connectivity index (χ2n) is 7.01. The molecule has 0 bridgehead atoms. The second-order valence-corrected chi connectivity index (χ2v) is 7.01. The monoisotopic (exact) mass is 390 g/mol. The highest BCUT2D eigenvalue weighted by Gasteiger charge is 2.35. The van der Waals surface area contributed by atoms with Gasteiger partial charge in [-0.05, 0) is 30.2 Å². The Balaban J connectivity index is 1.55. The van der Waals surface area contributed by atoms with Gasteiger partial charge in [-0.15, -0.1) is 0 Å². The minimum absolute atomic E-state index is 0.0489. The van der Waals surface area contributed by atoms with Crippen molar-refractivity contribution in [2.45, 2.75) is 25.8 Å². The summed E-state index contributed by atoms with van der Waals surface area (Å²) in [6.07, 6.45) is 1.10. The van der Waals surface area contributed by atoms with Crippen LogP contribution in [0.3, 0.4) is 0 Å². The summed E-state index contributed by atoms with van der Waals surface area (Å²) in [7, 11) is 1.51. The first-order valence-corrected chi connectivity index (χ1v) is 9.48. The molecule has 2 aromatic carbocycles. The van der Waals surface area contributed by atoms with Crippen molar-refractivity contribution in [2.24, 2.45) is 5.16 Å². The molecule has 1 aliphatic rings. The summed E-state index contributed by atoms with van der Waals surface area (Å²) in [5.74, 6) is 1.05. The number of amides is 1. The number of aromatic nitrogens is 2. The van der Waals surface area contributed by atoms with E-state index < -0.39 is 0 Å². The molecule has 0 aliphatic carbocycles. The van der Waals surface area contributed by atoms with Crippen LogP contribution in [0.2, 0.25) is 0 Å². The Kier molecular flexibility index (Phi) is 5.37. The Morgan fingerprint density at radius 3 is 2.55 bits per heavy atom. The van der Waals surface area contributed by atoms with E-state index >= 15 is 0 Å². The van der Waals surface area contributed by atoms with Gasteiger partial charge in [0.2, 0.25) is 5.89 Å². The van der Waals surface area contributed by atoms with Crippen molar-refractivity contribution in [3.05, 3.63) is 71.9 Å². The zero-order chi connectivity index (χ0) is 20.2. The fourth-order valence-electron chi connectivity index (χ4n) is 3.61. The third kappa shape index (κ3) is 4.18. The van der Waals surface area contributed by atoms with E-state index in [1.807, 2.05) is 54.6 Å². The summed E-state index contributed by atoms with van der Waals surface area (Å²) < 4.78 is 5.25. The van der Waals surface area contributed by atoms with Gasteiger partial charge < -0.3 is 14.3 Å². The van der Waals surface area contributed by atoms with Gasteiger partial charge in [-0.2, -0.15) is 4.98 Å². The zero-order valence-corrected chi connectivity index (χ0v) is 16.4. The van der Waals surface area contributed by atoms with Crippen molar-refractivity contribution >= 4 is 11.6 Å². The average molecular weight is 390 g/mol. The highest BCUT2D eigenvalue weighted by Crippen LogP contribution is 2.24. The largest absolute Gasteiger partial charge is 0.399 e. The van der Waals surface area contributed by atoms with Crippen molar-refractivity contribution < 1.29 is 14.2 Å². The maximum Gasteiger partial charge on any atom is 0.254 e. The topological polar surface area (TPSA) is 80.8 Å². The van der Waals surface area contributed by atoms with Crippen LogP contribution in [0.4, 0.5) is 0 Å². The molecular formula is C22H22N4O3. The fraction of sp³-hybridized carbons (Fsp3) is 0.273. The third-order valence-electron chi connectivity index (χ3n) is 4.96. The van der Waals surface area contributed by atoms with Crippen LogP contribution in [0.25, 0.3) is 11.1 Å². The molecule has 4 rings (SSSR count). The first-order chi connectivity index (χ1) is 14.1. The van der Waals surface area contributed by atoms with E-state index in [4.69, 9.17) is 9.36 Å². The number of benzene rings is 2. The van der Waals surface area contributed by atoms with Gasteiger partial charge in [0, 0.05) is 24.4 Å². The number of nitrogens with zero attached hydrogens (tertiary/aromatic N) is 4. The highest BCUT2D eigenvalue weighted by molar-refractivity contribution is 6.00. The SMILES string of the molecule is CO/N=C1\CC(Cc2nc(C)no2)N(C(=O)c2ccc(-c3ccccc3)cc2)C1. The van der Waals surface area contributed by atoms with Crippen molar-refractivity contribution in [3.8, 4) is 11.1 Å². The third-order valence-corrected chi connectivity index (χ3v) is 4.96. The summed E-state index contributed by atoms with van der Waals surface area (Å²) in [5.41, 5.74) is 3.65. The summed E-state index contributed by atoms with van der Waals surface area (Å²) in [6.45, 7) is 2.20. The molecule has 1 fully saturated rings. The quantitative estimate of drug-likeness (QED) is 0.623. The van der Waals surface area contributed by atoms with E-state index in [-0.39, 0.29) is 11.9 Å². The average Bonchev–Trinajstić information content (AvgIpc) is 3.34. The Bertz CT molecular complexity index is 1010. The molecule has 1 atom stereocenters. The summed E-state index contributed by atoms with van der Waals surface area (Å²) in [4.78, 5) is 24.2. The lowest BCUT2D eigenvalue weighted by Gasteiger charge is -2.23. The van der Waals surface area contributed by atoms with Gasteiger partial charge in [0.25, 0.3) is 5.91 Å². The second kappa shape index (κ2) is 8.26. The molecule has 1 amide bonds. The van der Waals surface area contributed by atoms with Gasteiger partial charge >= 0.3 is 0 Å². The smallest absolute Gasteiger partial charge is 0.254 e. The summed E-state index contributed by atoms with van der Waals surface area (Å²) in [6, 6.07) is 17.6. The molecule has 1 aliphatic heterocycles. The van der Waals surface area contributed by atoms with Crippen LogP contribution < -0.4 is 0 Å². The van der Waals surface area contributed by atoms with Gasteiger partial charge in [-0.3, -0.25) is 4.79 Å². The lowest BCUT2D eigenvalue weighted by atomic mass is 10.0. The number of aryl methyl sites for hydroxylation is 1. The van der Waals surface area contributed by atoms with Crippen molar-refractivity contribution in [2.75, 3.05) is 13.7 Å². The first-order valence-electron chi connectivity index (χ1n) is 9.48. The molecule has 3 aromatic rings. The Labute approximate surface area is 169 Å². The van der Waals surface area contributed by atoms with Crippen LogP contribution in [0.15, 0.2) is 64.3 Å². The maximum atomic E-state index is 13.2. The normalized spacial score (nSPS) is 17.7. The predicted octanol–water partition coefficient (Wildman–Crippen LogP) is 3.50. The molecular weight excluding hydrogens is 368 g/mol. The minimum Gasteiger partial charge on any atom is -0.399 e. The number of oxime groups is 1. The maximum absolute atomic E-state index is 13.2. The number of carbonyl (C=O) groups excluding carboxylic acids is 1.